The van der Waals surface area contributed by atoms with Crippen molar-refractivity contribution in [1.82, 2.24) is 4.98 Å². The highest BCUT2D eigenvalue weighted by Gasteiger charge is 2.01. The van der Waals surface area contributed by atoms with Crippen LogP contribution in [0.2, 0.25) is 0 Å². The molecule has 1 rings (SSSR count). The maximum atomic E-state index is 12.3. The van der Waals surface area contributed by atoms with Gasteiger partial charge >= 0.3 is 0 Å². The van der Waals surface area contributed by atoms with Crippen LogP contribution in [0, 0.1) is 15.1 Å². The van der Waals surface area contributed by atoms with E-state index in [1.165, 1.54) is 0 Å². The van der Waals surface area contributed by atoms with Gasteiger partial charge in [-0.25, -0.2) is 4.98 Å². The van der Waals surface area contributed by atoms with Gasteiger partial charge in [-0.1, -0.05) is 11.3 Å². The van der Waals surface area contributed by atoms with Gasteiger partial charge in [-0.05, 0) is 29.5 Å². The van der Waals surface area contributed by atoms with Crippen LogP contribution in [0.5, 0.6) is 0 Å². The standard InChI is InChI=1S/C4H3FINS/c1-2-3(5)8-4(6)7-2/h1H3. The summed E-state index contributed by atoms with van der Waals surface area (Å²) in [5.41, 5.74) is 0.499. The SMILES string of the molecule is Cc1nc(I)sc1F. The Morgan fingerprint density at radius 2 is 2.38 bits per heavy atom. The molecule has 4 heteroatoms. The van der Waals surface area contributed by atoms with E-state index in [1.807, 2.05) is 22.6 Å². The average molecular weight is 243 g/mol. The monoisotopic (exact) mass is 243 g/mol. The molecule has 0 aliphatic rings. The molecule has 0 spiro atoms. The van der Waals surface area contributed by atoms with E-state index in [2.05, 4.69) is 4.98 Å². The molecule has 0 N–H and O–H groups in total. The van der Waals surface area contributed by atoms with Gasteiger partial charge in [0.15, 0.2) is 8.15 Å². The summed E-state index contributed by atoms with van der Waals surface area (Å²) in [4.78, 5) is 3.84. The number of halogens is 2. The lowest BCUT2D eigenvalue weighted by Gasteiger charge is -1.73. The van der Waals surface area contributed by atoms with Gasteiger partial charge in [0, 0.05) is 0 Å². The van der Waals surface area contributed by atoms with Crippen molar-refractivity contribution in [1.29, 1.82) is 0 Å². The number of thiazole rings is 1. The van der Waals surface area contributed by atoms with Gasteiger partial charge in [0.25, 0.3) is 0 Å². The second-order valence-corrected chi connectivity index (χ2v) is 4.03. The van der Waals surface area contributed by atoms with Gasteiger partial charge in [0.2, 0.25) is 0 Å². The van der Waals surface area contributed by atoms with Gasteiger partial charge in [0.1, 0.15) is 0 Å². The Kier molecular flexibility index (Phi) is 1.81. The summed E-state index contributed by atoms with van der Waals surface area (Å²) in [7, 11) is 0. The van der Waals surface area contributed by atoms with Crippen LogP contribution in [-0.2, 0) is 0 Å². The summed E-state index contributed by atoms with van der Waals surface area (Å²) < 4.78 is 13.1. The fraction of sp³-hybridized carbons (Fsp3) is 0.250. The molecule has 0 aliphatic heterocycles. The lowest BCUT2D eigenvalue weighted by atomic mass is 10.6. The Hall–Kier alpha value is 0.290. The third-order valence-corrected chi connectivity index (χ3v) is 2.35. The summed E-state index contributed by atoms with van der Waals surface area (Å²) in [6.45, 7) is 1.66. The van der Waals surface area contributed by atoms with E-state index < -0.39 is 0 Å². The molecule has 0 radical (unpaired) electrons. The Morgan fingerprint density at radius 3 is 2.50 bits per heavy atom. The average Bonchev–Trinajstić information content (AvgIpc) is 1.85. The van der Waals surface area contributed by atoms with Crippen molar-refractivity contribution in [3.63, 3.8) is 0 Å². The van der Waals surface area contributed by atoms with Crippen LogP contribution in [0.4, 0.5) is 4.39 Å². The number of rotatable bonds is 0. The molecule has 0 aromatic carbocycles. The minimum absolute atomic E-state index is 0.172. The van der Waals surface area contributed by atoms with Gasteiger partial charge in [-0.15, -0.1) is 0 Å². The molecule has 1 aromatic rings. The number of aryl methyl sites for hydroxylation is 1. The van der Waals surface area contributed by atoms with Crippen molar-refractivity contribution < 1.29 is 4.39 Å². The molecule has 0 saturated carbocycles. The summed E-state index contributed by atoms with van der Waals surface area (Å²) >= 11 is 3.07. The lowest BCUT2D eigenvalue weighted by molar-refractivity contribution is 0.643. The molecule has 0 unspecified atom stereocenters. The number of aromatic nitrogens is 1. The predicted molar refractivity (Wildman–Crippen MR) is 39.5 cm³/mol. The summed E-state index contributed by atoms with van der Waals surface area (Å²) in [5.74, 6) is 0. The van der Waals surface area contributed by atoms with Crippen molar-refractivity contribution in [3.05, 3.63) is 13.8 Å². The largest absolute Gasteiger partial charge is 0.232 e. The highest BCUT2D eigenvalue weighted by Crippen LogP contribution is 2.16. The first-order valence-electron chi connectivity index (χ1n) is 1.98. The Morgan fingerprint density at radius 1 is 1.75 bits per heavy atom. The maximum absolute atomic E-state index is 12.3. The molecule has 0 atom stereocenters. The highest BCUT2D eigenvalue weighted by atomic mass is 127. The van der Waals surface area contributed by atoms with Crippen molar-refractivity contribution in [2.45, 2.75) is 6.92 Å². The van der Waals surface area contributed by atoms with Crippen molar-refractivity contribution in [3.8, 4) is 0 Å². The number of hydrogen-bond donors (Lipinski definition) is 0. The third-order valence-electron chi connectivity index (χ3n) is 0.714. The molecule has 0 fully saturated rings. The Labute approximate surface area is 64.1 Å². The number of nitrogens with zero attached hydrogens (tertiary/aromatic N) is 1. The first kappa shape index (κ1) is 6.41. The number of hydrogen-bond acceptors (Lipinski definition) is 2. The molecule has 1 nitrogen and oxygen atoms in total. The second kappa shape index (κ2) is 2.26. The van der Waals surface area contributed by atoms with E-state index in [4.69, 9.17) is 0 Å². The first-order chi connectivity index (χ1) is 3.70. The van der Waals surface area contributed by atoms with E-state index in [9.17, 15) is 4.39 Å². The quantitative estimate of drug-likeness (QED) is 0.636. The molecule has 44 valence electrons. The van der Waals surface area contributed by atoms with Gasteiger partial charge in [-0.3, -0.25) is 0 Å². The normalized spacial score (nSPS) is 9.88. The van der Waals surface area contributed by atoms with Crippen LogP contribution < -0.4 is 0 Å². The van der Waals surface area contributed by atoms with E-state index in [-0.39, 0.29) is 5.13 Å². The van der Waals surface area contributed by atoms with Crippen molar-refractivity contribution in [2.75, 3.05) is 0 Å². The van der Waals surface area contributed by atoms with Gasteiger partial charge < -0.3 is 0 Å². The molecule has 0 amide bonds. The summed E-state index contributed by atoms with van der Waals surface area (Å²) in [5, 5.41) is -0.172. The van der Waals surface area contributed by atoms with Crippen LogP contribution in [0.15, 0.2) is 0 Å². The van der Waals surface area contributed by atoms with Gasteiger partial charge in [-0.2, -0.15) is 4.39 Å². The Bertz CT molecular complexity index is 178. The third kappa shape index (κ3) is 1.17. The Balaban J connectivity index is 3.14. The van der Waals surface area contributed by atoms with Crippen LogP contribution in [0.3, 0.4) is 0 Å². The molecule has 0 bridgehead atoms. The van der Waals surface area contributed by atoms with Crippen LogP contribution in [-0.4, -0.2) is 4.98 Å². The fourth-order valence-electron chi connectivity index (χ4n) is 0.346. The van der Waals surface area contributed by atoms with Crippen molar-refractivity contribution >= 4 is 33.9 Å². The minimum atomic E-state index is -0.172. The minimum Gasteiger partial charge on any atom is -0.232 e. The summed E-state index contributed by atoms with van der Waals surface area (Å²) in [6, 6.07) is 0. The van der Waals surface area contributed by atoms with E-state index in [0.717, 1.165) is 14.4 Å². The molecular weight excluding hydrogens is 240 g/mol. The molecule has 1 heterocycles. The lowest BCUT2D eigenvalue weighted by Crippen LogP contribution is -1.71. The topological polar surface area (TPSA) is 12.9 Å². The molecule has 1 aromatic heterocycles. The zero-order chi connectivity index (χ0) is 6.15. The zero-order valence-corrected chi connectivity index (χ0v) is 7.09. The molecule has 0 aliphatic carbocycles. The van der Waals surface area contributed by atoms with E-state index in [0.29, 0.717) is 5.69 Å². The van der Waals surface area contributed by atoms with Crippen molar-refractivity contribution in [2.24, 2.45) is 0 Å². The molecule has 8 heavy (non-hydrogen) atoms. The fourth-order valence-corrected chi connectivity index (χ4v) is 1.81. The first-order valence-corrected chi connectivity index (χ1v) is 3.88. The van der Waals surface area contributed by atoms with Crippen LogP contribution in [0.25, 0.3) is 0 Å². The van der Waals surface area contributed by atoms with Gasteiger partial charge in [0.05, 0.1) is 5.69 Å². The maximum Gasteiger partial charge on any atom is 0.200 e. The molecular formula is C4H3FINS. The predicted octanol–water partition coefficient (Wildman–Crippen LogP) is 2.20. The van der Waals surface area contributed by atoms with E-state index in [1.54, 1.807) is 6.92 Å². The van der Waals surface area contributed by atoms with Crippen LogP contribution in [0.1, 0.15) is 5.69 Å². The van der Waals surface area contributed by atoms with E-state index >= 15 is 0 Å². The van der Waals surface area contributed by atoms with Crippen LogP contribution >= 0.6 is 33.9 Å². The molecule has 0 saturated heterocycles. The highest BCUT2D eigenvalue weighted by molar-refractivity contribution is 14.1. The zero-order valence-electron chi connectivity index (χ0n) is 4.11. The second-order valence-electron chi connectivity index (χ2n) is 1.33. The summed E-state index contributed by atoms with van der Waals surface area (Å²) in [6.07, 6.45) is 0. The smallest absolute Gasteiger partial charge is 0.200 e.